The molecule has 1 aliphatic heterocycles. The zero-order chi connectivity index (χ0) is 22.7. The minimum Gasteiger partial charge on any atom is -0.397 e. The Labute approximate surface area is 190 Å². The Morgan fingerprint density at radius 1 is 1.19 bits per heavy atom. The van der Waals surface area contributed by atoms with Crippen LogP contribution in [0.5, 0.6) is 0 Å². The van der Waals surface area contributed by atoms with Crippen molar-refractivity contribution in [3.05, 3.63) is 77.5 Å². The first kappa shape index (κ1) is 22.0. The van der Waals surface area contributed by atoms with Crippen LogP contribution in [0.1, 0.15) is 27.9 Å². The number of carbonyl (C=O) groups excluding carboxylic acids is 1. The minimum absolute atomic E-state index is 0.184. The van der Waals surface area contributed by atoms with Crippen LogP contribution in [-0.2, 0) is 6.54 Å². The molecule has 4 rings (SSSR count). The number of rotatable bonds is 6. The third kappa shape index (κ3) is 4.98. The Balaban J connectivity index is 1.42. The fourth-order valence-corrected chi connectivity index (χ4v) is 4.24. The summed E-state index contributed by atoms with van der Waals surface area (Å²) in [7, 11) is 4.31. The van der Waals surface area contributed by atoms with Gasteiger partial charge >= 0.3 is 0 Å². The number of likely N-dealkylation sites (tertiary alicyclic amines) is 1. The number of anilines is 2. The number of carbonyl (C=O) groups is 1. The van der Waals surface area contributed by atoms with Crippen molar-refractivity contribution in [2.45, 2.75) is 25.9 Å². The van der Waals surface area contributed by atoms with Crippen molar-refractivity contribution in [1.82, 2.24) is 14.8 Å². The van der Waals surface area contributed by atoms with E-state index in [9.17, 15) is 4.79 Å². The van der Waals surface area contributed by atoms with Crippen LogP contribution < -0.4 is 11.1 Å². The van der Waals surface area contributed by atoms with Crippen LogP contribution in [0, 0.1) is 6.92 Å². The molecule has 0 bridgehead atoms. The number of benzene rings is 2. The predicted molar refractivity (Wildman–Crippen MR) is 131 cm³/mol. The van der Waals surface area contributed by atoms with E-state index in [1.807, 2.05) is 42.6 Å². The summed E-state index contributed by atoms with van der Waals surface area (Å²) in [6.07, 6.45) is 3.19. The van der Waals surface area contributed by atoms with Crippen LogP contribution in [0.25, 0.3) is 11.3 Å². The lowest BCUT2D eigenvalue weighted by atomic mass is 10.0. The standard InChI is InChI=1S/C26H31N5O/c1-18-14-19(16-31-13-12-22(17-31)30(2)3)15-28-25(18)20-8-10-21(11-9-20)26(32)29-24-7-5-4-6-23(24)27/h4-11,14-15,22H,12-13,16-17,27H2,1-3H3,(H,29,32)/t22-/m1/s1. The molecule has 1 atom stereocenters. The van der Waals surface area contributed by atoms with E-state index in [1.165, 1.54) is 12.0 Å². The van der Waals surface area contributed by atoms with Gasteiger partial charge in [-0.15, -0.1) is 0 Å². The van der Waals surface area contributed by atoms with Gasteiger partial charge in [-0.25, -0.2) is 0 Å². The molecule has 0 unspecified atom stereocenters. The highest BCUT2D eigenvalue weighted by Gasteiger charge is 2.24. The summed E-state index contributed by atoms with van der Waals surface area (Å²) in [5.41, 5.74) is 12.0. The molecule has 0 radical (unpaired) electrons. The van der Waals surface area contributed by atoms with Crippen molar-refractivity contribution < 1.29 is 4.79 Å². The van der Waals surface area contributed by atoms with E-state index in [2.05, 4.69) is 42.2 Å². The largest absolute Gasteiger partial charge is 0.397 e. The number of nitrogens with zero attached hydrogens (tertiary/aromatic N) is 3. The molecule has 1 aromatic heterocycles. The third-order valence-corrected chi connectivity index (χ3v) is 6.15. The number of nitrogens with one attached hydrogen (secondary N) is 1. The van der Waals surface area contributed by atoms with E-state index in [4.69, 9.17) is 10.7 Å². The smallest absolute Gasteiger partial charge is 0.255 e. The molecular formula is C26H31N5O. The number of nitrogens with two attached hydrogens (primary N) is 1. The highest BCUT2D eigenvalue weighted by molar-refractivity contribution is 6.05. The molecule has 2 heterocycles. The van der Waals surface area contributed by atoms with Crippen molar-refractivity contribution in [2.24, 2.45) is 0 Å². The van der Waals surface area contributed by atoms with Gasteiger partial charge in [-0.05, 0) is 62.8 Å². The summed E-state index contributed by atoms with van der Waals surface area (Å²) in [6.45, 7) is 5.26. The molecule has 1 amide bonds. The molecular weight excluding hydrogens is 398 g/mol. The first-order chi connectivity index (χ1) is 15.4. The SMILES string of the molecule is Cc1cc(CN2CC[C@@H](N(C)C)C2)cnc1-c1ccc(C(=O)Nc2ccccc2N)cc1. The first-order valence-corrected chi connectivity index (χ1v) is 11.0. The number of amides is 1. The molecule has 166 valence electrons. The number of hydrogen-bond acceptors (Lipinski definition) is 5. The second-order valence-electron chi connectivity index (χ2n) is 8.77. The molecule has 0 aliphatic carbocycles. The lowest BCUT2D eigenvalue weighted by Crippen LogP contribution is -2.31. The van der Waals surface area contributed by atoms with Gasteiger partial charge in [0, 0.05) is 43.0 Å². The topological polar surface area (TPSA) is 74.5 Å². The maximum Gasteiger partial charge on any atom is 0.255 e. The zero-order valence-corrected chi connectivity index (χ0v) is 19.0. The molecule has 0 spiro atoms. The Kier molecular flexibility index (Phi) is 6.53. The lowest BCUT2D eigenvalue weighted by Gasteiger charge is -2.20. The van der Waals surface area contributed by atoms with Gasteiger partial charge in [-0.2, -0.15) is 0 Å². The van der Waals surface area contributed by atoms with Crippen molar-refractivity contribution >= 4 is 17.3 Å². The van der Waals surface area contributed by atoms with E-state index < -0.39 is 0 Å². The minimum atomic E-state index is -0.184. The molecule has 3 N–H and O–H groups in total. The highest BCUT2D eigenvalue weighted by atomic mass is 16.1. The molecule has 1 saturated heterocycles. The van der Waals surface area contributed by atoms with E-state index in [0.29, 0.717) is 23.0 Å². The number of aryl methyl sites for hydroxylation is 1. The second-order valence-corrected chi connectivity index (χ2v) is 8.77. The van der Waals surface area contributed by atoms with E-state index in [-0.39, 0.29) is 5.91 Å². The Morgan fingerprint density at radius 3 is 2.59 bits per heavy atom. The highest BCUT2D eigenvalue weighted by Crippen LogP contribution is 2.24. The average Bonchev–Trinajstić information content (AvgIpc) is 3.24. The van der Waals surface area contributed by atoms with Gasteiger partial charge in [-0.1, -0.05) is 30.3 Å². The van der Waals surface area contributed by atoms with Gasteiger partial charge in [0.1, 0.15) is 0 Å². The van der Waals surface area contributed by atoms with Crippen LogP contribution in [0.15, 0.2) is 60.8 Å². The maximum atomic E-state index is 12.6. The Morgan fingerprint density at radius 2 is 1.94 bits per heavy atom. The maximum absolute atomic E-state index is 12.6. The van der Waals surface area contributed by atoms with Gasteiger partial charge in [-0.3, -0.25) is 14.7 Å². The summed E-state index contributed by atoms with van der Waals surface area (Å²) in [5.74, 6) is -0.184. The van der Waals surface area contributed by atoms with E-state index >= 15 is 0 Å². The fourth-order valence-electron chi connectivity index (χ4n) is 4.24. The summed E-state index contributed by atoms with van der Waals surface area (Å²) in [5, 5.41) is 2.86. The summed E-state index contributed by atoms with van der Waals surface area (Å²) in [6, 6.07) is 17.6. The third-order valence-electron chi connectivity index (χ3n) is 6.15. The molecule has 2 aromatic carbocycles. The predicted octanol–water partition coefficient (Wildman–Crippen LogP) is 4.03. The molecule has 1 aliphatic rings. The fraction of sp³-hybridized carbons (Fsp3) is 0.308. The van der Waals surface area contributed by atoms with E-state index in [1.54, 1.807) is 12.1 Å². The number of pyridine rings is 1. The van der Waals surface area contributed by atoms with Crippen LogP contribution in [0.2, 0.25) is 0 Å². The van der Waals surface area contributed by atoms with Gasteiger partial charge < -0.3 is 16.0 Å². The summed E-state index contributed by atoms with van der Waals surface area (Å²) < 4.78 is 0. The van der Waals surface area contributed by atoms with Gasteiger partial charge in [0.15, 0.2) is 0 Å². The molecule has 3 aromatic rings. The molecule has 32 heavy (non-hydrogen) atoms. The number of nitrogen functional groups attached to an aromatic ring is 1. The van der Waals surface area contributed by atoms with E-state index in [0.717, 1.165) is 36.5 Å². The van der Waals surface area contributed by atoms with Gasteiger partial charge in [0.2, 0.25) is 0 Å². The van der Waals surface area contributed by atoms with Crippen molar-refractivity contribution in [3.63, 3.8) is 0 Å². The van der Waals surface area contributed by atoms with Crippen molar-refractivity contribution in [1.29, 1.82) is 0 Å². The van der Waals surface area contributed by atoms with Crippen LogP contribution >= 0.6 is 0 Å². The molecule has 6 nitrogen and oxygen atoms in total. The van der Waals surface area contributed by atoms with Crippen LogP contribution in [-0.4, -0.2) is 53.9 Å². The molecule has 1 fully saturated rings. The quantitative estimate of drug-likeness (QED) is 0.579. The van der Waals surface area contributed by atoms with Crippen molar-refractivity contribution in [2.75, 3.05) is 38.2 Å². The Hall–Kier alpha value is -3.22. The monoisotopic (exact) mass is 429 g/mol. The Bertz CT molecular complexity index is 1090. The normalized spacial score (nSPS) is 16.4. The number of aromatic nitrogens is 1. The van der Waals surface area contributed by atoms with Crippen LogP contribution in [0.4, 0.5) is 11.4 Å². The first-order valence-electron chi connectivity index (χ1n) is 11.0. The van der Waals surface area contributed by atoms with Crippen LogP contribution in [0.3, 0.4) is 0 Å². The zero-order valence-electron chi connectivity index (χ0n) is 19.0. The lowest BCUT2D eigenvalue weighted by molar-refractivity contribution is 0.102. The average molecular weight is 430 g/mol. The number of hydrogen-bond donors (Lipinski definition) is 2. The van der Waals surface area contributed by atoms with Crippen molar-refractivity contribution in [3.8, 4) is 11.3 Å². The molecule has 6 heteroatoms. The molecule has 0 saturated carbocycles. The number of likely N-dealkylation sites (N-methyl/N-ethyl adjacent to an activating group) is 1. The number of para-hydroxylation sites is 2. The van der Waals surface area contributed by atoms with Gasteiger partial charge in [0.05, 0.1) is 17.1 Å². The van der Waals surface area contributed by atoms with Gasteiger partial charge in [0.25, 0.3) is 5.91 Å². The summed E-state index contributed by atoms with van der Waals surface area (Å²) >= 11 is 0. The second kappa shape index (κ2) is 9.51. The summed E-state index contributed by atoms with van der Waals surface area (Å²) in [4.78, 5) is 22.1.